The second-order valence-electron chi connectivity index (χ2n) is 1.92. The van der Waals surface area contributed by atoms with Crippen LogP contribution in [-0.4, -0.2) is 6.29 Å². The van der Waals surface area contributed by atoms with Crippen LogP contribution in [0.2, 0.25) is 0 Å². The van der Waals surface area contributed by atoms with Crippen molar-refractivity contribution in [2.24, 2.45) is 0 Å². The van der Waals surface area contributed by atoms with Gasteiger partial charge in [-0.2, -0.15) is 0 Å². The van der Waals surface area contributed by atoms with Gasteiger partial charge in [-0.3, -0.25) is 4.79 Å². The standard InChI is InChI=1S/C8H13O/c1-2-3-4-5-6-7-8-9/h3-4H,2,5-7H2,1H3/b4-3-. The molecule has 51 valence electrons. The molecule has 1 radical (unpaired) electrons. The van der Waals surface area contributed by atoms with Crippen molar-refractivity contribution in [1.82, 2.24) is 0 Å². The Labute approximate surface area is 56.8 Å². The first-order valence-electron chi connectivity index (χ1n) is 3.41. The molecule has 0 saturated heterocycles. The molecule has 0 aliphatic rings. The molecule has 1 heteroatoms. The van der Waals surface area contributed by atoms with Crippen molar-refractivity contribution < 1.29 is 4.79 Å². The first-order chi connectivity index (χ1) is 4.41. The quantitative estimate of drug-likeness (QED) is 0.407. The highest BCUT2D eigenvalue weighted by atomic mass is 16.1. The van der Waals surface area contributed by atoms with E-state index in [9.17, 15) is 4.79 Å². The van der Waals surface area contributed by atoms with Gasteiger partial charge in [-0.05, 0) is 19.3 Å². The Balaban J connectivity index is 2.90. The molecular weight excluding hydrogens is 112 g/mol. The summed E-state index contributed by atoms with van der Waals surface area (Å²) >= 11 is 0. The van der Waals surface area contributed by atoms with Crippen LogP contribution in [0.15, 0.2) is 12.2 Å². The van der Waals surface area contributed by atoms with E-state index in [0.29, 0.717) is 6.42 Å². The van der Waals surface area contributed by atoms with Gasteiger partial charge in [-0.1, -0.05) is 19.1 Å². The second kappa shape index (κ2) is 7.41. The van der Waals surface area contributed by atoms with Gasteiger partial charge in [0.25, 0.3) is 0 Å². The van der Waals surface area contributed by atoms with Gasteiger partial charge in [0.15, 0.2) is 6.29 Å². The lowest BCUT2D eigenvalue weighted by Gasteiger charge is -1.84. The van der Waals surface area contributed by atoms with E-state index in [1.54, 1.807) is 0 Å². The molecule has 0 amide bonds. The van der Waals surface area contributed by atoms with Gasteiger partial charge < -0.3 is 0 Å². The van der Waals surface area contributed by atoms with Gasteiger partial charge in [0, 0.05) is 6.42 Å². The molecule has 0 aromatic heterocycles. The lowest BCUT2D eigenvalue weighted by Crippen LogP contribution is -1.72. The Morgan fingerprint density at radius 2 is 2.22 bits per heavy atom. The van der Waals surface area contributed by atoms with Crippen molar-refractivity contribution in [3.8, 4) is 0 Å². The van der Waals surface area contributed by atoms with Crippen LogP contribution < -0.4 is 0 Å². The summed E-state index contributed by atoms with van der Waals surface area (Å²) in [5.74, 6) is 0. The summed E-state index contributed by atoms with van der Waals surface area (Å²) in [5.41, 5.74) is 0. The van der Waals surface area contributed by atoms with Crippen LogP contribution in [0, 0.1) is 0 Å². The summed E-state index contributed by atoms with van der Waals surface area (Å²) in [5, 5.41) is 0. The van der Waals surface area contributed by atoms with Crippen molar-refractivity contribution in [2.75, 3.05) is 0 Å². The molecule has 9 heavy (non-hydrogen) atoms. The fraction of sp³-hybridized carbons (Fsp3) is 0.625. The summed E-state index contributed by atoms with van der Waals surface area (Å²) < 4.78 is 0. The molecule has 0 fully saturated rings. The van der Waals surface area contributed by atoms with E-state index in [1.807, 2.05) is 6.29 Å². The van der Waals surface area contributed by atoms with Crippen molar-refractivity contribution in [3.63, 3.8) is 0 Å². The average molecular weight is 125 g/mol. The second-order valence-corrected chi connectivity index (χ2v) is 1.92. The normalized spacial score (nSPS) is 10.3. The minimum atomic E-state index is 0.577. The Hall–Kier alpha value is -0.590. The molecule has 0 aliphatic heterocycles. The minimum Gasteiger partial charge on any atom is -0.291 e. The minimum absolute atomic E-state index is 0.577. The summed E-state index contributed by atoms with van der Waals surface area (Å²) in [6.07, 6.45) is 9.71. The number of carbonyl (C=O) groups excluding carboxylic acids is 1. The van der Waals surface area contributed by atoms with Gasteiger partial charge in [0.05, 0.1) is 0 Å². The van der Waals surface area contributed by atoms with Gasteiger partial charge in [-0.25, -0.2) is 0 Å². The first kappa shape index (κ1) is 8.41. The molecule has 0 N–H and O–H groups in total. The number of hydrogen-bond acceptors (Lipinski definition) is 1. The van der Waals surface area contributed by atoms with Crippen molar-refractivity contribution in [1.29, 1.82) is 0 Å². The maximum atomic E-state index is 9.69. The summed E-state index contributed by atoms with van der Waals surface area (Å²) in [6.45, 7) is 2.10. The molecule has 0 unspecified atom stereocenters. The van der Waals surface area contributed by atoms with Gasteiger partial charge in [-0.15, -0.1) is 0 Å². The topological polar surface area (TPSA) is 17.1 Å². The number of allylic oxidation sites excluding steroid dienone is 2. The zero-order valence-electron chi connectivity index (χ0n) is 5.89. The molecule has 0 aromatic rings. The molecule has 1 nitrogen and oxygen atoms in total. The van der Waals surface area contributed by atoms with E-state index in [0.717, 1.165) is 19.3 Å². The third-order valence-corrected chi connectivity index (χ3v) is 1.05. The molecule has 0 heterocycles. The molecule has 0 bridgehead atoms. The molecule has 0 spiro atoms. The summed E-state index contributed by atoms with van der Waals surface area (Å²) in [6, 6.07) is 0. The predicted octanol–water partition coefficient (Wildman–Crippen LogP) is 2.23. The molecule has 0 aromatic carbocycles. The highest BCUT2D eigenvalue weighted by molar-refractivity contribution is 5.50. The lowest BCUT2D eigenvalue weighted by atomic mass is 10.2. The third kappa shape index (κ3) is 7.41. The Morgan fingerprint density at radius 3 is 2.78 bits per heavy atom. The van der Waals surface area contributed by atoms with Crippen LogP contribution in [0.5, 0.6) is 0 Å². The van der Waals surface area contributed by atoms with Gasteiger partial charge in [0.2, 0.25) is 0 Å². The first-order valence-corrected chi connectivity index (χ1v) is 3.41. The van der Waals surface area contributed by atoms with E-state index >= 15 is 0 Å². The van der Waals surface area contributed by atoms with Crippen molar-refractivity contribution in [3.05, 3.63) is 12.2 Å². The van der Waals surface area contributed by atoms with Crippen LogP contribution in [0.4, 0.5) is 0 Å². The van der Waals surface area contributed by atoms with Crippen molar-refractivity contribution in [2.45, 2.75) is 32.6 Å². The Morgan fingerprint density at radius 1 is 1.44 bits per heavy atom. The average Bonchev–Trinajstić information content (AvgIpc) is 1.89. The highest BCUT2D eigenvalue weighted by Gasteiger charge is 1.80. The molecule has 0 rings (SSSR count). The molecule has 0 saturated carbocycles. The molecular formula is C8H13O. The van der Waals surface area contributed by atoms with E-state index in [1.165, 1.54) is 0 Å². The fourth-order valence-electron chi connectivity index (χ4n) is 0.577. The molecule has 0 aliphatic carbocycles. The summed E-state index contributed by atoms with van der Waals surface area (Å²) in [4.78, 5) is 9.69. The van der Waals surface area contributed by atoms with Crippen LogP contribution >= 0.6 is 0 Å². The lowest BCUT2D eigenvalue weighted by molar-refractivity contribution is 0.549. The maximum Gasteiger partial charge on any atom is 0.198 e. The Bertz CT molecular complexity index is 84.6. The van der Waals surface area contributed by atoms with Crippen LogP contribution in [0.1, 0.15) is 32.6 Å². The van der Waals surface area contributed by atoms with Crippen LogP contribution in [0.3, 0.4) is 0 Å². The maximum absolute atomic E-state index is 9.69. The summed E-state index contributed by atoms with van der Waals surface area (Å²) in [7, 11) is 0. The Kier molecular flexibility index (Phi) is 6.92. The zero-order valence-corrected chi connectivity index (χ0v) is 5.89. The van der Waals surface area contributed by atoms with E-state index in [-0.39, 0.29) is 0 Å². The van der Waals surface area contributed by atoms with Gasteiger partial charge in [0.1, 0.15) is 0 Å². The number of hydrogen-bond donors (Lipinski definition) is 0. The number of rotatable bonds is 5. The zero-order chi connectivity index (χ0) is 6.95. The van der Waals surface area contributed by atoms with E-state index in [2.05, 4.69) is 19.1 Å². The SMILES string of the molecule is CC/C=C\CCC[C]=O. The van der Waals surface area contributed by atoms with E-state index in [4.69, 9.17) is 0 Å². The number of unbranched alkanes of at least 4 members (excludes halogenated alkanes) is 2. The van der Waals surface area contributed by atoms with Crippen LogP contribution in [0.25, 0.3) is 0 Å². The smallest absolute Gasteiger partial charge is 0.198 e. The van der Waals surface area contributed by atoms with Crippen LogP contribution in [-0.2, 0) is 4.79 Å². The van der Waals surface area contributed by atoms with Gasteiger partial charge >= 0.3 is 0 Å². The monoisotopic (exact) mass is 125 g/mol. The fourth-order valence-corrected chi connectivity index (χ4v) is 0.577. The largest absolute Gasteiger partial charge is 0.291 e. The predicted molar refractivity (Wildman–Crippen MR) is 39.0 cm³/mol. The third-order valence-electron chi connectivity index (χ3n) is 1.05. The molecule has 0 atom stereocenters. The van der Waals surface area contributed by atoms with Crippen molar-refractivity contribution >= 4 is 6.29 Å². The van der Waals surface area contributed by atoms with E-state index < -0.39 is 0 Å². The highest BCUT2D eigenvalue weighted by Crippen LogP contribution is 1.94.